The van der Waals surface area contributed by atoms with Crippen LogP contribution < -0.4 is 5.32 Å². The first-order chi connectivity index (χ1) is 8.56. The van der Waals surface area contributed by atoms with E-state index in [0.29, 0.717) is 6.54 Å². The number of benzene rings is 1. The molecule has 1 aliphatic heterocycles. The lowest BCUT2D eigenvalue weighted by Crippen LogP contribution is -2.28. The molecular weight excluding hydrogens is 228 g/mol. The Morgan fingerprint density at radius 2 is 2.00 bits per heavy atom. The first kappa shape index (κ1) is 12.6. The predicted octanol–water partition coefficient (Wildman–Crippen LogP) is 1.94. The van der Waals surface area contributed by atoms with Crippen LogP contribution in [0.5, 0.6) is 0 Å². The molecule has 0 unspecified atom stereocenters. The number of carbonyl (C=O) groups excluding carboxylic acids is 2. The molecule has 1 heterocycles. The highest BCUT2D eigenvalue weighted by atomic mass is 16.2. The Hall–Kier alpha value is -1.84. The van der Waals surface area contributed by atoms with E-state index < -0.39 is 0 Å². The van der Waals surface area contributed by atoms with Gasteiger partial charge in [-0.2, -0.15) is 0 Å². The summed E-state index contributed by atoms with van der Waals surface area (Å²) in [5.74, 6) is 0.0276. The maximum Gasteiger partial charge on any atom is 0.221 e. The highest BCUT2D eigenvalue weighted by Gasteiger charge is 2.16. The smallest absolute Gasteiger partial charge is 0.221 e. The molecule has 4 nitrogen and oxygen atoms in total. The van der Waals surface area contributed by atoms with Gasteiger partial charge < -0.3 is 10.2 Å². The van der Waals surface area contributed by atoms with E-state index in [1.165, 1.54) is 12.5 Å². The number of aryl methyl sites for hydroxylation is 1. The number of nitrogens with one attached hydrogen (secondary N) is 1. The second-order valence-corrected chi connectivity index (χ2v) is 4.71. The van der Waals surface area contributed by atoms with Crippen molar-refractivity contribution in [3.8, 4) is 0 Å². The number of anilines is 1. The van der Waals surface area contributed by atoms with E-state index >= 15 is 0 Å². The molecule has 2 rings (SSSR count). The molecule has 1 aliphatic rings. The maximum atomic E-state index is 11.5. The summed E-state index contributed by atoms with van der Waals surface area (Å²) in [6, 6.07) is 5.94. The highest BCUT2D eigenvalue weighted by molar-refractivity contribution is 5.88. The topological polar surface area (TPSA) is 49.4 Å². The molecule has 0 radical (unpaired) electrons. The lowest BCUT2D eigenvalue weighted by Gasteiger charge is -2.19. The van der Waals surface area contributed by atoms with Crippen LogP contribution in [0.3, 0.4) is 0 Å². The molecule has 1 aromatic carbocycles. The van der Waals surface area contributed by atoms with Crippen molar-refractivity contribution in [2.24, 2.45) is 0 Å². The summed E-state index contributed by atoms with van der Waals surface area (Å²) < 4.78 is 0. The van der Waals surface area contributed by atoms with Gasteiger partial charge >= 0.3 is 0 Å². The predicted molar refractivity (Wildman–Crippen MR) is 70.2 cm³/mol. The van der Waals surface area contributed by atoms with Crippen LogP contribution in [0.15, 0.2) is 18.2 Å². The highest BCUT2D eigenvalue weighted by Crippen LogP contribution is 2.22. The zero-order chi connectivity index (χ0) is 13.1. The monoisotopic (exact) mass is 246 g/mol. The minimum Gasteiger partial charge on any atom is -0.339 e. The summed E-state index contributed by atoms with van der Waals surface area (Å²) in [7, 11) is 0. The van der Waals surface area contributed by atoms with Gasteiger partial charge in [0.25, 0.3) is 0 Å². The summed E-state index contributed by atoms with van der Waals surface area (Å²) in [5.41, 5.74) is 3.20. The Bertz CT molecular complexity index is 483. The van der Waals surface area contributed by atoms with E-state index in [-0.39, 0.29) is 11.8 Å². The van der Waals surface area contributed by atoms with Crippen molar-refractivity contribution < 1.29 is 9.59 Å². The van der Waals surface area contributed by atoms with Crippen molar-refractivity contribution in [2.75, 3.05) is 11.9 Å². The molecule has 0 atom stereocenters. The quantitative estimate of drug-likeness (QED) is 0.823. The molecule has 1 aromatic rings. The number of fused-ring (bicyclic) bond motifs is 1. The second kappa shape index (κ2) is 5.21. The molecule has 96 valence electrons. The summed E-state index contributed by atoms with van der Waals surface area (Å²) >= 11 is 0. The third kappa shape index (κ3) is 2.88. The zero-order valence-electron chi connectivity index (χ0n) is 10.8. The van der Waals surface area contributed by atoms with Crippen LogP contribution in [0.2, 0.25) is 0 Å². The molecule has 18 heavy (non-hydrogen) atoms. The lowest BCUT2D eigenvalue weighted by molar-refractivity contribution is -0.129. The second-order valence-electron chi connectivity index (χ2n) is 4.71. The summed E-state index contributed by atoms with van der Waals surface area (Å²) in [6.07, 6.45) is 1.98. The molecule has 0 saturated heterocycles. The average Bonchev–Trinajstić information content (AvgIpc) is 2.49. The molecular formula is C14H18N2O2. The van der Waals surface area contributed by atoms with Gasteiger partial charge in [-0.15, -0.1) is 0 Å². The number of hydrogen-bond donors (Lipinski definition) is 1. The first-order valence-corrected chi connectivity index (χ1v) is 6.21. The fourth-order valence-corrected chi connectivity index (χ4v) is 2.31. The van der Waals surface area contributed by atoms with Gasteiger partial charge in [-0.05, 0) is 36.1 Å². The van der Waals surface area contributed by atoms with Crippen molar-refractivity contribution >= 4 is 17.5 Å². The van der Waals surface area contributed by atoms with Crippen LogP contribution in [0.25, 0.3) is 0 Å². The van der Waals surface area contributed by atoms with E-state index in [0.717, 1.165) is 30.6 Å². The number of nitrogens with zero attached hydrogens (tertiary/aromatic N) is 1. The van der Waals surface area contributed by atoms with Crippen LogP contribution >= 0.6 is 0 Å². The van der Waals surface area contributed by atoms with Gasteiger partial charge in [0.05, 0.1) is 0 Å². The SMILES string of the molecule is CC(=O)Nc1ccc2c(c1)CN(C(C)=O)CCC2. The Morgan fingerprint density at radius 1 is 1.22 bits per heavy atom. The Labute approximate surface area is 107 Å². The van der Waals surface area contributed by atoms with E-state index in [1.54, 1.807) is 6.92 Å². The largest absolute Gasteiger partial charge is 0.339 e. The van der Waals surface area contributed by atoms with E-state index in [2.05, 4.69) is 5.32 Å². The molecule has 4 heteroatoms. The van der Waals surface area contributed by atoms with Crippen molar-refractivity contribution in [1.82, 2.24) is 4.90 Å². The molecule has 2 amide bonds. The first-order valence-electron chi connectivity index (χ1n) is 6.21. The zero-order valence-corrected chi connectivity index (χ0v) is 10.8. The van der Waals surface area contributed by atoms with Crippen LogP contribution in [-0.4, -0.2) is 23.3 Å². The van der Waals surface area contributed by atoms with Gasteiger partial charge in [-0.3, -0.25) is 9.59 Å². The Kier molecular flexibility index (Phi) is 3.65. The Balaban J connectivity index is 2.26. The van der Waals surface area contributed by atoms with E-state index in [4.69, 9.17) is 0 Å². The third-order valence-corrected chi connectivity index (χ3v) is 3.21. The maximum absolute atomic E-state index is 11.5. The number of rotatable bonds is 1. The van der Waals surface area contributed by atoms with E-state index in [9.17, 15) is 9.59 Å². The molecule has 0 aromatic heterocycles. The van der Waals surface area contributed by atoms with Gasteiger partial charge in [0.15, 0.2) is 0 Å². The number of hydrogen-bond acceptors (Lipinski definition) is 2. The summed E-state index contributed by atoms with van der Waals surface area (Å²) in [5, 5.41) is 2.78. The van der Waals surface area contributed by atoms with Gasteiger partial charge in [0.2, 0.25) is 11.8 Å². The van der Waals surface area contributed by atoms with Crippen LogP contribution in [0, 0.1) is 0 Å². The van der Waals surface area contributed by atoms with Crippen LogP contribution in [-0.2, 0) is 22.6 Å². The average molecular weight is 246 g/mol. The lowest BCUT2D eigenvalue weighted by atomic mass is 10.0. The molecule has 0 saturated carbocycles. The Morgan fingerprint density at radius 3 is 2.67 bits per heavy atom. The molecule has 0 aliphatic carbocycles. The van der Waals surface area contributed by atoms with Crippen molar-refractivity contribution in [1.29, 1.82) is 0 Å². The van der Waals surface area contributed by atoms with E-state index in [1.807, 2.05) is 23.1 Å². The van der Waals surface area contributed by atoms with Crippen LogP contribution in [0.1, 0.15) is 31.4 Å². The molecule has 0 spiro atoms. The van der Waals surface area contributed by atoms with Crippen molar-refractivity contribution in [2.45, 2.75) is 33.2 Å². The summed E-state index contributed by atoms with van der Waals surface area (Å²) in [4.78, 5) is 24.4. The minimum atomic E-state index is -0.0769. The number of amides is 2. The molecule has 0 bridgehead atoms. The van der Waals surface area contributed by atoms with Gasteiger partial charge in [-0.25, -0.2) is 0 Å². The standard InChI is InChI=1S/C14H18N2O2/c1-10(17)15-14-6-5-12-4-3-7-16(11(2)18)9-13(12)8-14/h5-6,8H,3-4,7,9H2,1-2H3,(H,15,17). The molecule has 1 N–H and O–H groups in total. The van der Waals surface area contributed by atoms with Gasteiger partial charge in [-0.1, -0.05) is 6.07 Å². The third-order valence-electron chi connectivity index (χ3n) is 3.21. The van der Waals surface area contributed by atoms with Gasteiger partial charge in [0.1, 0.15) is 0 Å². The fourth-order valence-electron chi connectivity index (χ4n) is 2.31. The van der Waals surface area contributed by atoms with Crippen molar-refractivity contribution in [3.05, 3.63) is 29.3 Å². The fraction of sp³-hybridized carbons (Fsp3) is 0.429. The molecule has 0 fully saturated rings. The normalized spacial score (nSPS) is 14.7. The number of carbonyl (C=O) groups is 2. The van der Waals surface area contributed by atoms with Crippen molar-refractivity contribution in [3.63, 3.8) is 0 Å². The van der Waals surface area contributed by atoms with Gasteiger partial charge in [0, 0.05) is 32.6 Å². The minimum absolute atomic E-state index is 0.0769. The van der Waals surface area contributed by atoms with Crippen LogP contribution in [0.4, 0.5) is 5.69 Å². The summed E-state index contributed by atoms with van der Waals surface area (Å²) in [6.45, 7) is 4.54.